The summed E-state index contributed by atoms with van der Waals surface area (Å²) in [4.78, 5) is 0. The van der Waals surface area contributed by atoms with E-state index in [9.17, 15) is 0 Å². The van der Waals surface area contributed by atoms with Crippen LogP contribution < -0.4 is 5.73 Å². The first-order chi connectivity index (χ1) is 8.09. The summed E-state index contributed by atoms with van der Waals surface area (Å²) in [5, 5.41) is 4.69. The third-order valence-corrected chi connectivity index (χ3v) is 4.15. The van der Waals surface area contributed by atoms with Crippen LogP contribution in [0.2, 0.25) is 0 Å². The minimum Gasteiger partial charge on any atom is -0.379 e. The molecule has 0 spiro atoms. The van der Waals surface area contributed by atoms with Gasteiger partial charge in [0.2, 0.25) is 0 Å². The van der Waals surface area contributed by atoms with E-state index in [4.69, 9.17) is 10.5 Å². The van der Waals surface area contributed by atoms with Crippen molar-refractivity contribution in [2.75, 3.05) is 13.2 Å². The fourth-order valence-corrected chi connectivity index (χ4v) is 2.71. The maximum atomic E-state index is 6.22. The normalized spacial score (nSPS) is 26.4. The van der Waals surface area contributed by atoms with Crippen LogP contribution in [0.25, 0.3) is 0 Å². The first-order valence-corrected chi connectivity index (χ1v) is 6.50. The highest BCUT2D eigenvalue weighted by Gasteiger charge is 2.39. The van der Waals surface area contributed by atoms with Gasteiger partial charge in [0.05, 0.1) is 18.3 Å². The van der Waals surface area contributed by atoms with Gasteiger partial charge in [-0.3, -0.25) is 4.68 Å². The van der Waals surface area contributed by atoms with Crippen LogP contribution in [0.15, 0.2) is 0 Å². The SMILES string of the molecule is Cc1nn(C2CCOC2)c(C)c1CC1(N)CC1. The fraction of sp³-hybridized carbons (Fsp3) is 0.769. The van der Waals surface area contributed by atoms with Gasteiger partial charge in [-0.15, -0.1) is 0 Å². The maximum Gasteiger partial charge on any atom is 0.0777 e. The Labute approximate surface area is 102 Å². The van der Waals surface area contributed by atoms with Crippen LogP contribution in [0.3, 0.4) is 0 Å². The summed E-state index contributed by atoms with van der Waals surface area (Å²) < 4.78 is 7.60. The van der Waals surface area contributed by atoms with E-state index in [1.165, 1.54) is 11.3 Å². The topological polar surface area (TPSA) is 53.1 Å². The standard InChI is InChI=1S/C13H21N3O/c1-9-12(7-13(14)4-5-13)10(2)16(15-9)11-3-6-17-8-11/h11H,3-8,14H2,1-2H3. The molecule has 1 atom stereocenters. The summed E-state index contributed by atoms with van der Waals surface area (Å²) in [6.07, 6.45) is 4.38. The molecule has 1 aliphatic carbocycles. The van der Waals surface area contributed by atoms with Gasteiger partial charge >= 0.3 is 0 Å². The summed E-state index contributed by atoms with van der Waals surface area (Å²) in [6, 6.07) is 0.426. The number of nitrogens with two attached hydrogens (primary N) is 1. The number of aromatic nitrogens is 2. The highest BCUT2D eigenvalue weighted by Crippen LogP contribution is 2.37. The van der Waals surface area contributed by atoms with E-state index >= 15 is 0 Å². The molecule has 1 saturated carbocycles. The largest absolute Gasteiger partial charge is 0.379 e. The lowest BCUT2D eigenvalue weighted by molar-refractivity contribution is 0.184. The molecule has 1 unspecified atom stereocenters. The predicted octanol–water partition coefficient (Wildman–Crippen LogP) is 1.50. The monoisotopic (exact) mass is 235 g/mol. The minimum absolute atomic E-state index is 0.0650. The van der Waals surface area contributed by atoms with Gasteiger partial charge < -0.3 is 10.5 Å². The van der Waals surface area contributed by atoms with Gasteiger partial charge in [0.25, 0.3) is 0 Å². The zero-order valence-electron chi connectivity index (χ0n) is 10.7. The van der Waals surface area contributed by atoms with E-state index in [0.29, 0.717) is 6.04 Å². The third kappa shape index (κ3) is 2.00. The molecular formula is C13H21N3O. The van der Waals surface area contributed by atoms with Crippen molar-refractivity contribution >= 4 is 0 Å². The van der Waals surface area contributed by atoms with Gasteiger partial charge in [-0.1, -0.05) is 0 Å². The average molecular weight is 235 g/mol. The van der Waals surface area contributed by atoms with Gasteiger partial charge in [0, 0.05) is 17.8 Å². The molecule has 2 aliphatic rings. The lowest BCUT2D eigenvalue weighted by Gasteiger charge is -2.12. The summed E-state index contributed by atoms with van der Waals surface area (Å²) in [7, 11) is 0. The molecule has 17 heavy (non-hydrogen) atoms. The van der Waals surface area contributed by atoms with Gasteiger partial charge in [-0.25, -0.2) is 0 Å². The first kappa shape index (κ1) is 11.2. The minimum atomic E-state index is 0.0650. The molecule has 3 rings (SSSR count). The van der Waals surface area contributed by atoms with Crippen LogP contribution >= 0.6 is 0 Å². The van der Waals surface area contributed by atoms with Crippen LogP contribution in [0.1, 0.15) is 42.3 Å². The van der Waals surface area contributed by atoms with Crippen molar-refractivity contribution in [3.05, 3.63) is 17.0 Å². The summed E-state index contributed by atoms with van der Waals surface area (Å²) in [6.45, 7) is 5.92. The Kier molecular flexibility index (Phi) is 2.52. The van der Waals surface area contributed by atoms with Gasteiger partial charge in [-0.2, -0.15) is 5.10 Å². The van der Waals surface area contributed by atoms with Crippen molar-refractivity contribution in [2.24, 2.45) is 5.73 Å². The highest BCUT2D eigenvalue weighted by atomic mass is 16.5. The summed E-state index contributed by atoms with van der Waals surface area (Å²) >= 11 is 0. The van der Waals surface area contributed by atoms with Crippen molar-refractivity contribution in [1.29, 1.82) is 0 Å². The van der Waals surface area contributed by atoms with Crippen molar-refractivity contribution in [2.45, 2.75) is 51.1 Å². The molecule has 1 aromatic heterocycles. The van der Waals surface area contributed by atoms with Crippen LogP contribution in [-0.4, -0.2) is 28.5 Å². The van der Waals surface area contributed by atoms with Crippen molar-refractivity contribution < 1.29 is 4.74 Å². The second kappa shape index (κ2) is 3.82. The predicted molar refractivity (Wildman–Crippen MR) is 66.0 cm³/mol. The third-order valence-electron chi connectivity index (χ3n) is 4.15. The second-order valence-electron chi connectivity index (χ2n) is 5.65. The number of hydrogen-bond acceptors (Lipinski definition) is 3. The Balaban J connectivity index is 1.88. The molecule has 4 nitrogen and oxygen atoms in total. The van der Waals surface area contributed by atoms with E-state index in [0.717, 1.165) is 44.6 Å². The molecule has 2 heterocycles. The van der Waals surface area contributed by atoms with Gasteiger partial charge in [0.1, 0.15) is 0 Å². The molecule has 2 N–H and O–H groups in total. The Morgan fingerprint density at radius 3 is 2.82 bits per heavy atom. The number of hydrogen-bond donors (Lipinski definition) is 1. The maximum absolute atomic E-state index is 6.22. The highest BCUT2D eigenvalue weighted by molar-refractivity contribution is 5.29. The number of aryl methyl sites for hydroxylation is 1. The molecule has 4 heteroatoms. The van der Waals surface area contributed by atoms with Crippen LogP contribution in [0.4, 0.5) is 0 Å². The van der Waals surface area contributed by atoms with E-state index in [-0.39, 0.29) is 5.54 Å². The molecule has 94 valence electrons. The van der Waals surface area contributed by atoms with Crippen LogP contribution in [0, 0.1) is 13.8 Å². The van der Waals surface area contributed by atoms with Crippen LogP contribution in [-0.2, 0) is 11.2 Å². The van der Waals surface area contributed by atoms with E-state index in [2.05, 4.69) is 23.6 Å². The van der Waals surface area contributed by atoms with E-state index in [1.54, 1.807) is 0 Å². The fourth-order valence-electron chi connectivity index (χ4n) is 2.71. The van der Waals surface area contributed by atoms with Crippen LogP contribution in [0.5, 0.6) is 0 Å². The lowest BCUT2D eigenvalue weighted by Crippen LogP contribution is -2.25. The molecule has 0 amide bonds. The van der Waals surface area contributed by atoms with Crippen molar-refractivity contribution in [3.63, 3.8) is 0 Å². The molecule has 0 bridgehead atoms. The molecule has 1 aliphatic heterocycles. The summed E-state index contributed by atoms with van der Waals surface area (Å²) in [5.74, 6) is 0. The first-order valence-electron chi connectivity index (χ1n) is 6.50. The summed E-state index contributed by atoms with van der Waals surface area (Å²) in [5.41, 5.74) is 10.1. The quantitative estimate of drug-likeness (QED) is 0.863. The number of nitrogens with zero attached hydrogens (tertiary/aromatic N) is 2. The smallest absolute Gasteiger partial charge is 0.0777 e. The molecule has 2 fully saturated rings. The average Bonchev–Trinajstić information content (AvgIpc) is 2.75. The molecular weight excluding hydrogens is 214 g/mol. The van der Waals surface area contributed by atoms with E-state index < -0.39 is 0 Å². The Morgan fingerprint density at radius 1 is 1.47 bits per heavy atom. The zero-order chi connectivity index (χ0) is 12.0. The Morgan fingerprint density at radius 2 is 2.24 bits per heavy atom. The zero-order valence-corrected chi connectivity index (χ0v) is 10.7. The van der Waals surface area contributed by atoms with Crippen molar-refractivity contribution in [1.82, 2.24) is 9.78 Å². The Hall–Kier alpha value is -0.870. The Bertz CT molecular complexity index is 428. The number of ether oxygens (including phenoxy) is 1. The van der Waals surface area contributed by atoms with Gasteiger partial charge in [-0.05, 0) is 45.1 Å². The second-order valence-corrected chi connectivity index (χ2v) is 5.65. The van der Waals surface area contributed by atoms with Crippen molar-refractivity contribution in [3.8, 4) is 0 Å². The molecule has 1 aromatic rings. The number of rotatable bonds is 3. The molecule has 0 aromatic carbocycles. The van der Waals surface area contributed by atoms with E-state index in [1.807, 2.05) is 0 Å². The molecule has 1 saturated heterocycles. The lowest BCUT2D eigenvalue weighted by atomic mass is 10.0. The molecule has 0 radical (unpaired) electrons. The van der Waals surface area contributed by atoms with Gasteiger partial charge in [0.15, 0.2) is 0 Å².